The van der Waals surface area contributed by atoms with Crippen LogP contribution in [0.3, 0.4) is 0 Å². The van der Waals surface area contributed by atoms with Crippen LogP contribution < -0.4 is 26.2 Å². The van der Waals surface area contributed by atoms with Crippen LogP contribution in [-0.4, -0.2) is 15.8 Å². The van der Waals surface area contributed by atoms with Gasteiger partial charge in [-0.2, -0.15) is 0 Å². The maximum atomic E-state index is 11.0. The minimum atomic E-state index is -1.55. The highest BCUT2D eigenvalue weighted by molar-refractivity contribution is 7.00. The van der Waals surface area contributed by atoms with E-state index in [9.17, 15) is 19.2 Å². The lowest BCUT2D eigenvalue weighted by atomic mass is 9.33. The van der Waals surface area contributed by atoms with Crippen LogP contribution in [0.4, 0.5) is 34.1 Å². The second-order valence-corrected chi connectivity index (χ2v) is 20.4. The predicted octanol–water partition coefficient (Wildman–Crippen LogP) is 17.1. The Hall–Kier alpha value is -9.72. The Morgan fingerprint density at radius 3 is 1.18 bits per heavy atom. The van der Waals surface area contributed by atoms with Gasteiger partial charge in [0.15, 0.2) is 0 Å². The number of rotatable bonds is 4. The van der Waals surface area contributed by atoms with Crippen molar-refractivity contribution in [3.05, 3.63) is 236 Å². The molecule has 6 nitrogen and oxygen atoms in total. The van der Waals surface area contributed by atoms with E-state index < -0.39 is 179 Å². The van der Waals surface area contributed by atoms with Crippen molar-refractivity contribution in [2.45, 2.75) is 26.2 Å². The van der Waals surface area contributed by atoms with Crippen LogP contribution in [0, 0.1) is 0 Å². The van der Waals surface area contributed by atoms with Gasteiger partial charge in [0.2, 0.25) is 0 Å². The zero-order valence-corrected chi connectivity index (χ0v) is 40.9. The summed E-state index contributed by atoms with van der Waals surface area (Å²) in [4.78, 5) is 3.39. The molecule has 0 N–H and O–H groups in total. The molecule has 4 aromatic heterocycles. The van der Waals surface area contributed by atoms with Crippen molar-refractivity contribution >= 4 is 145 Å². The minimum absolute atomic E-state index is 0.158. The number of hydrogen-bond donors (Lipinski definition) is 0. The molecule has 6 heterocycles. The fourth-order valence-electron chi connectivity index (χ4n) is 11.7. The quantitative estimate of drug-likeness (QED) is 0.165. The Morgan fingerprint density at radius 2 is 0.766 bits per heavy atom. The van der Waals surface area contributed by atoms with Crippen molar-refractivity contribution in [2.75, 3.05) is 9.80 Å². The summed E-state index contributed by atoms with van der Waals surface area (Å²) >= 11 is 0. The fraction of sp³-hybridized carbons (Fsp3) is 0.0571. The number of nitrogens with zero attached hydrogens (tertiary/aromatic N) is 4. The van der Waals surface area contributed by atoms with E-state index in [1.807, 2.05) is 93.6 Å². The molecule has 0 unspecified atom stereocenters. The third-order valence-corrected chi connectivity index (χ3v) is 15.2. The molecule has 11 aromatic carbocycles. The number of para-hydroxylation sites is 6. The van der Waals surface area contributed by atoms with Crippen molar-refractivity contribution in [2.24, 2.45) is 0 Å². The average Bonchev–Trinajstić information content (AvgIpc) is 1.64. The van der Waals surface area contributed by atoms with Crippen LogP contribution in [0.1, 0.15) is 56.5 Å². The molecule has 0 bridgehead atoms. The smallest absolute Gasteiger partial charge is 0.252 e. The van der Waals surface area contributed by atoms with Gasteiger partial charge in [-0.05, 0) is 124 Å². The van der Waals surface area contributed by atoms with Gasteiger partial charge in [0, 0.05) is 101 Å². The molecule has 0 radical (unpaired) electrons. The molecule has 0 spiro atoms. The highest BCUT2D eigenvalue weighted by Crippen LogP contribution is 2.49. The summed E-state index contributed by atoms with van der Waals surface area (Å²) < 4.78 is 226. The van der Waals surface area contributed by atoms with Gasteiger partial charge in [-0.25, -0.2) is 0 Å². The van der Waals surface area contributed by atoms with Gasteiger partial charge >= 0.3 is 0 Å². The van der Waals surface area contributed by atoms with Crippen LogP contribution in [0.15, 0.2) is 239 Å². The number of aromatic nitrogens is 2. The number of furan rings is 2. The molecule has 0 aliphatic carbocycles. The SMILES string of the molecule is [2H]c1c([2H])c(-n2c3c([2H])c([2H])c([2H])c([2H])c3c3c([2H])c([2H])c([2H])c([2H])c32)c([2H])c2c1B1c3c(cc(C(C)(C)C)cc3N(c3ccc4c(c3)oc3ccccc34)c3c([2H])c(-n4c5c([2H])c([2H])c([2H])c([2H])c5c5c([2H])c([2H])c([2H])c([2H])c54)c([2H])c([2H])c31)N2c1ccc2c(c1)oc1ccccc12. The third-order valence-electron chi connectivity index (χ3n) is 15.2. The molecule has 2 aliphatic heterocycles. The number of fused-ring (bicyclic) bond motifs is 16. The Morgan fingerprint density at radius 1 is 0.377 bits per heavy atom. The molecular weight excluding hydrogens is 940 g/mol. The van der Waals surface area contributed by atoms with Crippen molar-refractivity contribution in [3.63, 3.8) is 0 Å². The van der Waals surface area contributed by atoms with Gasteiger partial charge in [0.1, 0.15) is 22.3 Å². The maximum Gasteiger partial charge on any atom is 0.252 e. The topological polar surface area (TPSA) is 42.6 Å². The molecule has 0 saturated carbocycles. The summed E-state index contributed by atoms with van der Waals surface area (Å²) in [5.41, 5.74) is -0.241. The summed E-state index contributed by atoms with van der Waals surface area (Å²) in [6.07, 6.45) is 0. The molecule has 7 heteroatoms. The van der Waals surface area contributed by atoms with Gasteiger partial charge in [-0.1, -0.05) is 142 Å². The molecule has 17 rings (SSSR count). The Labute approximate surface area is 474 Å². The first-order valence-corrected chi connectivity index (χ1v) is 24.9. The lowest BCUT2D eigenvalue weighted by molar-refractivity contribution is 0.590. The number of anilines is 6. The highest BCUT2D eigenvalue weighted by atomic mass is 16.3. The first kappa shape index (κ1) is 26.7. The minimum Gasteiger partial charge on any atom is -0.456 e. The number of hydrogen-bond acceptors (Lipinski definition) is 4. The lowest BCUT2D eigenvalue weighted by Crippen LogP contribution is -2.61. The van der Waals surface area contributed by atoms with Crippen molar-refractivity contribution in [1.29, 1.82) is 0 Å². The normalized spacial score (nSPS) is 17.3. The van der Waals surface area contributed by atoms with Crippen LogP contribution in [0.25, 0.3) is 98.9 Å². The molecule has 0 amide bonds. The van der Waals surface area contributed by atoms with Gasteiger partial charge in [-0.15, -0.1) is 0 Å². The van der Waals surface area contributed by atoms with E-state index in [0.717, 1.165) is 19.9 Å². The standard InChI is InChI=1S/C70H47BN4O2/c1-70(2,3)42-36-63-69-64(37-42)75(46-29-33-54-52-21-9-15-27-66(52)77-68(54)41-46)62-39-44(73-59-24-12-6-18-49(59)50-19-7-13-25-60(50)73)31-35-56(62)71(69)55-34-30-43(72-57-22-10-4-16-47(57)48-17-5-11-23-58(48)72)38-61(55)74(63)45-28-32-53-51-20-8-14-26-65(51)76-67(53)40-45/h4-41H,1-3H3/i4D,5D,6D,7D,10D,11D,12D,13D,16D,17D,18D,19D,22D,23D,24D,25D,30D,31D,34D,35D,38D,39D. The summed E-state index contributed by atoms with van der Waals surface area (Å²) in [5, 5.41) is 1.57. The number of benzene rings is 11. The van der Waals surface area contributed by atoms with Crippen molar-refractivity contribution in [1.82, 2.24) is 9.13 Å². The van der Waals surface area contributed by atoms with E-state index in [4.69, 9.17) is 19.8 Å². The second-order valence-electron chi connectivity index (χ2n) is 20.4. The van der Waals surface area contributed by atoms with Crippen LogP contribution >= 0.6 is 0 Å². The summed E-state index contributed by atoms with van der Waals surface area (Å²) in [7, 11) is 0. The summed E-state index contributed by atoms with van der Waals surface area (Å²) in [6, 6.07) is 13.5. The van der Waals surface area contributed by atoms with Gasteiger partial charge < -0.3 is 27.8 Å². The average molecular weight is 1010 g/mol. The summed E-state index contributed by atoms with van der Waals surface area (Å²) in [6.45, 7) is 4.34. The highest BCUT2D eigenvalue weighted by Gasteiger charge is 2.45. The Bertz CT molecular complexity index is 5840. The first-order valence-electron chi connectivity index (χ1n) is 35.9. The van der Waals surface area contributed by atoms with Crippen LogP contribution in [-0.2, 0) is 5.41 Å². The predicted molar refractivity (Wildman–Crippen MR) is 322 cm³/mol. The Kier molecular flexibility index (Phi) is 5.35. The van der Waals surface area contributed by atoms with Crippen molar-refractivity contribution < 1.29 is 39.0 Å². The molecular formula is C70H47BN4O2. The fourth-order valence-corrected chi connectivity index (χ4v) is 11.7. The van der Waals surface area contributed by atoms with E-state index >= 15 is 0 Å². The van der Waals surface area contributed by atoms with E-state index in [1.54, 1.807) is 34.1 Å². The lowest BCUT2D eigenvalue weighted by Gasteiger charge is -2.45. The molecule has 0 fully saturated rings. The zero-order valence-electron chi connectivity index (χ0n) is 62.9. The van der Waals surface area contributed by atoms with Crippen LogP contribution in [0.2, 0.25) is 0 Å². The van der Waals surface area contributed by atoms with Crippen molar-refractivity contribution in [3.8, 4) is 11.4 Å². The first-order chi connectivity index (χ1) is 47.0. The maximum absolute atomic E-state index is 11.0. The Balaban J connectivity index is 1.09. The van der Waals surface area contributed by atoms with Gasteiger partial charge in [0.05, 0.1) is 52.2 Å². The van der Waals surface area contributed by atoms with E-state index in [0.29, 0.717) is 66.9 Å². The second kappa shape index (κ2) is 15.4. The van der Waals surface area contributed by atoms with E-state index in [1.165, 1.54) is 0 Å². The van der Waals surface area contributed by atoms with Gasteiger partial charge in [0.25, 0.3) is 6.71 Å². The molecule has 0 saturated heterocycles. The molecule has 15 aromatic rings. The summed E-state index contributed by atoms with van der Waals surface area (Å²) in [5.74, 6) is 0. The zero-order chi connectivity index (χ0) is 70.0. The third kappa shape index (κ3) is 5.97. The molecule has 77 heavy (non-hydrogen) atoms. The van der Waals surface area contributed by atoms with E-state index in [2.05, 4.69) is 0 Å². The largest absolute Gasteiger partial charge is 0.456 e. The molecule has 362 valence electrons. The molecule has 0 atom stereocenters. The van der Waals surface area contributed by atoms with Gasteiger partial charge in [-0.3, -0.25) is 0 Å². The van der Waals surface area contributed by atoms with Crippen LogP contribution in [0.5, 0.6) is 0 Å². The monoisotopic (exact) mass is 1010 g/mol. The van der Waals surface area contributed by atoms with E-state index in [-0.39, 0.29) is 43.8 Å². The molecule has 2 aliphatic rings.